The molecule has 1 aromatic heterocycles. The Morgan fingerprint density at radius 1 is 0.603 bits per heavy atom. The molecule has 6 rings (SSSR count). The predicted molar refractivity (Wildman–Crippen MR) is 207 cm³/mol. The second kappa shape index (κ2) is 19.5. The normalized spacial score (nSPS) is 12.7. The molecule has 0 unspecified atom stereocenters. The smallest absolute Gasteiger partial charge is 0.337 e. The summed E-state index contributed by atoms with van der Waals surface area (Å²) < 4.78 is 24.8. The quantitative estimate of drug-likeness (QED) is 0.0466. The molecule has 1 fully saturated rings. The maximum atomic E-state index is 12.2. The van der Waals surface area contributed by atoms with Gasteiger partial charge in [-0.2, -0.15) is 30.4 Å². The van der Waals surface area contributed by atoms with Crippen LogP contribution in [0, 0.1) is 0 Å². The van der Waals surface area contributed by atoms with Crippen molar-refractivity contribution in [2.75, 3.05) is 52.5 Å². The highest BCUT2D eigenvalue weighted by atomic mass is 16.5. The SMILES string of the molecule is COC(=O)c1cc(COC=O)cc(N=Nc2ccc(Cc3nc(Cc4ccc(N=Nc5cc(C(=O)OC)cc(C(=O)OC)c5)cc4)nc(N4CCOCC4)n3)cc2)c1. The minimum Gasteiger partial charge on any atom is -0.465 e. The highest BCUT2D eigenvalue weighted by Gasteiger charge is 2.18. The predicted octanol–water partition coefficient (Wildman–Crippen LogP) is 6.75. The standard InChI is InChI=1S/C41H38N8O9/c1-54-38(51)29-16-28(24-58-25-50)17-34(21-29)47-45-32-8-4-26(5-9-32)18-36-42-37(44-41(43-36)49-12-14-57-15-13-49)19-27-6-10-33(11-7-27)46-48-35-22-30(39(52)55-2)20-31(23-35)40(53)56-3/h4-11,16-17,20-23,25H,12-15,18-19,24H2,1-3H3. The molecule has 0 radical (unpaired) electrons. The molecule has 0 aliphatic carbocycles. The van der Waals surface area contributed by atoms with E-state index >= 15 is 0 Å². The van der Waals surface area contributed by atoms with Crippen LogP contribution in [0.15, 0.2) is 105 Å². The summed E-state index contributed by atoms with van der Waals surface area (Å²) in [6.07, 6.45) is 0.854. The molecule has 0 atom stereocenters. The van der Waals surface area contributed by atoms with E-state index in [0.717, 1.165) is 11.1 Å². The number of hydrogen-bond acceptors (Lipinski definition) is 17. The van der Waals surface area contributed by atoms with Crippen LogP contribution in [-0.2, 0) is 47.9 Å². The highest BCUT2D eigenvalue weighted by Crippen LogP contribution is 2.26. The van der Waals surface area contributed by atoms with Gasteiger partial charge >= 0.3 is 17.9 Å². The summed E-state index contributed by atoms with van der Waals surface area (Å²) in [5, 5.41) is 17.1. The first kappa shape index (κ1) is 40.4. The minimum absolute atomic E-state index is 0.0310. The first-order chi connectivity index (χ1) is 28.2. The van der Waals surface area contributed by atoms with Crippen LogP contribution in [-0.4, -0.2) is 87.0 Å². The molecule has 17 nitrogen and oxygen atoms in total. The molecule has 5 aromatic rings. The first-order valence-corrected chi connectivity index (χ1v) is 17.9. The van der Waals surface area contributed by atoms with E-state index in [2.05, 4.69) is 25.4 Å². The fraction of sp³-hybridized carbons (Fsp3) is 0.244. The van der Waals surface area contributed by atoms with Crippen LogP contribution >= 0.6 is 0 Å². The Morgan fingerprint density at radius 3 is 1.52 bits per heavy atom. The van der Waals surface area contributed by atoms with E-state index in [1.54, 1.807) is 24.3 Å². The van der Waals surface area contributed by atoms with Crippen LogP contribution in [0.25, 0.3) is 0 Å². The maximum absolute atomic E-state index is 12.2. The number of carbonyl (C=O) groups excluding carboxylic acids is 4. The van der Waals surface area contributed by atoms with Crippen molar-refractivity contribution in [3.05, 3.63) is 130 Å². The second-order valence-electron chi connectivity index (χ2n) is 12.7. The number of esters is 3. The van der Waals surface area contributed by atoms with Gasteiger partial charge < -0.3 is 28.6 Å². The van der Waals surface area contributed by atoms with Crippen molar-refractivity contribution in [2.24, 2.45) is 20.5 Å². The Bertz CT molecular complexity index is 2290. The average Bonchev–Trinajstić information content (AvgIpc) is 3.27. The molecule has 0 N–H and O–H groups in total. The molecular formula is C41H38N8O9. The van der Waals surface area contributed by atoms with Crippen LogP contribution in [0.1, 0.15) is 59.4 Å². The van der Waals surface area contributed by atoms with Crippen molar-refractivity contribution in [3.8, 4) is 0 Å². The summed E-state index contributed by atoms with van der Waals surface area (Å²) in [5.74, 6) is -0.0348. The summed E-state index contributed by atoms with van der Waals surface area (Å²) in [5.41, 5.74) is 4.76. The van der Waals surface area contributed by atoms with Gasteiger partial charge in [-0.15, -0.1) is 0 Å². The molecule has 0 amide bonds. The number of benzene rings is 4. The third-order valence-electron chi connectivity index (χ3n) is 8.65. The number of morpholine rings is 1. The molecule has 58 heavy (non-hydrogen) atoms. The zero-order valence-corrected chi connectivity index (χ0v) is 31.9. The number of methoxy groups -OCH3 is 3. The Hall–Kier alpha value is -7.27. The molecule has 1 saturated heterocycles. The molecule has 2 heterocycles. The topological polar surface area (TPSA) is 206 Å². The van der Waals surface area contributed by atoms with Crippen LogP contribution in [0.5, 0.6) is 0 Å². The molecule has 296 valence electrons. The summed E-state index contributed by atoms with van der Waals surface area (Å²) in [7, 11) is 3.77. The van der Waals surface area contributed by atoms with Crippen molar-refractivity contribution in [3.63, 3.8) is 0 Å². The van der Waals surface area contributed by atoms with Gasteiger partial charge in [0, 0.05) is 25.9 Å². The Kier molecular flexibility index (Phi) is 13.6. The van der Waals surface area contributed by atoms with E-state index in [4.69, 9.17) is 38.6 Å². The fourth-order valence-electron chi connectivity index (χ4n) is 5.80. The maximum Gasteiger partial charge on any atom is 0.337 e. The minimum atomic E-state index is -0.622. The number of ether oxygens (including phenoxy) is 5. The molecule has 0 saturated carbocycles. The Morgan fingerprint density at radius 2 is 1.05 bits per heavy atom. The van der Waals surface area contributed by atoms with Gasteiger partial charge in [-0.3, -0.25) is 4.79 Å². The molecule has 1 aliphatic heterocycles. The van der Waals surface area contributed by atoms with Gasteiger partial charge in [0.15, 0.2) is 0 Å². The van der Waals surface area contributed by atoms with Gasteiger partial charge in [0.1, 0.15) is 18.3 Å². The van der Waals surface area contributed by atoms with E-state index in [1.165, 1.54) is 45.6 Å². The van der Waals surface area contributed by atoms with Crippen LogP contribution in [0.3, 0.4) is 0 Å². The van der Waals surface area contributed by atoms with Crippen LogP contribution in [0.2, 0.25) is 0 Å². The van der Waals surface area contributed by atoms with E-state index in [0.29, 0.717) is 85.8 Å². The summed E-state index contributed by atoms with van der Waals surface area (Å²) >= 11 is 0. The first-order valence-electron chi connectivity index (χ1n) is 17.9. The lowest BCUT2D eigenvalue weighted by Gasteiger charge is -2.27. The zero-order chi connectivity index (χ0) is 40.9. The van der Waals surface area contributed by atoms with Crippen LogP contribution < -0.4 is 4.90 Å². The zero-order valence-electron chi connectivity index (χ0n) is 31.9. The lowest BCUT2D eigenvalue weighted by atomic mass is 10.1. The monoisotopic (exact) mass is 786 g/mol. The molecule has 0 bridgehead atoms. The molecule has 0 spiro atoms. The van der Waals surface area contributed by atoms with Gasteiger partial charge in [0.2, 0.25) is 5.95 Å². The summed E-state index contributed by atoms with van der Waals surface area (Å²) in [4.78, 5) is 63.7. The number of nitrogens with zero attached hydrogens (tertiary/aromatic N) is 8. The third-order valence-corrected chi connectivity index (χ3v) is 8.65. The third kappa shape index (κ3) is 10.9. The number of hydrogen-bond donors (Lipinski definition) is 0. The average molecular weight is 787 g/mol. The molecule has 4 aromatic carbocycles. The van der Waals surface area contributed by atoms with Gasteiger partial charge in [0.05, 0.1) is 74.0 Å². The molecule has 1 aliphatic rings. The van der Waals surface area contributed by atoms with Crippen molar-refractivity contribution in [2.45, 2.75) is 19.4 Å². The van der Waals surface area contributed by atoms with Crippen molar-refractivity contribution in [1.29, 1.82) is 0 Å². The van der Waals surface area contributed by atoms with Crippen molar-refractivity contribution in [1.82, 2.24) is 15.0 Å². The van der Waals surface area contributed by atoms with Crippen LogP contribution in [0.4, 0.5) is 28.7 Å². The fourth-order valence-corrected chi connectivity index (χ4v) is 5.80. The number of carbonyl (C=O) groups is 4. The highest BCUT2D eigenvalue weighted by molar-refractivity contribution is 5.96. The number of anilines is 1. The largest absolute Gasteiger partial charge is 0.465 e. The number of aromatic nitrogens is 3. The summed E-state index contributed by atoms with van der Waals surface area (Å²) in [6, 6.07) is 23.9. The number of azo groups is 2. The Balaban J connectivity index is 1.17. The lowest BCUT2D eigenvalue weighted by molar-refractivity contribution is -0.129. The van der Waals surface area contributed by atoms with Crippen molar-refractivity contribution < 1.29 is 42.9 Å². The lowest BCUT2D eigenvalue weighted by Crippen LogP contribution is -2.37. The van der Waals surface area contributed by atoms with E-state index < -0.39 is 17.9 Å². The van der Waals surface area contributed by atoms with Gasteiger partial charge in [-0.05, 0) is 77.4 Å². The second-order valence-corrected chi connectivity index (χ2v) is 12.7. The van der Waals surface area contributed by atoms with Gasteiger partial charge in [-0.25, -0.2) is 19.4 Å². The molecule has 17 heteroatoms. The summed E-state index contributed by atoms with van der Waals surface area (Å²) in [6.45, 7) is 2.74. The van der Waals surface area contributed by atoms with E-state index in [1.807, 2.05) is 36.4 Å². The number of rotatable bonds is 15. The van der Waals surface area contributed by atoms with Gasteiger partial charge in [0.25, 0.3) is 6.47 Å². The van der Waals surface area contributed by atoms with E-state index in [-0.39, 0.29) is 29.0 Å². The van der Waals surface area contributed by atoms with E-state index in [9.17, 15) is 19.2 Å². The molecular weight excluding hydrogens is 748 g/mol. The Labute approximate surface area is 332 Å². The van der Waals surface area contributed by atoms with Gasteiger partial charge in [-0.1, -0.05) is 24.3 Å². The van der Waals surface area contributed by atoms with Crippen molar-refractivity contribution >= 4 is 53.1 Å².